The number of carbonyl (C=O) groups is 3. The van der Waals surface area contributed by atoms with E-state index in [1.54, 1.807) is 39.0 Å². The number of anilines is 2. The lowest BCUT2D eigenvalue weighted by Gasteiger charge is -2.19. The topological polar surface area (TPSA) is 96.5 Å². The zero-order valence-corrected chi connectivity index (χ0v) is 17.8. The van der Waals surface area contributed by atoms with Crippen LogP contribution >= 0.6 is 0 Å². The summed E-state index contributed by atoms with van der Waals surface area (Å²) in [4.78, 5) is 36.2. The lowest BCUT2D eigenvalue weighted by molar-refractivity contribution is -0.137. The molecule has 7 nitrogen and oxygen atoms in total. The van der Waals surface area contributed by atoms with Crippen LogP contribution in [0.1, 0.15) is 43.1 Å². The number of nitrogens with one attached hydrogen (secondary N) is 3. The van der Waals surface area contributed by atoms with E-state index in [0.717, 1.165) is 24.3 Å². The molecule has 2 aromatic rings. The number of amides is 3. The quantitative estimate of drug-likeness (QED) is 0.587. The van der Waals surface area contributed by atoms with Crippen molar-refractivity contribution in [3.8, 4) is 0 Å². The molecule has 0 aliphatic rings. The Morgan fingerprint density at radius 3 is 1.97 bits per heavy atom. The maximum atomic E-state index is 12.7. The van der Waals surface area contributed by atoms with Gasteiger partial charge in [-0.25, -0.2) is 4.79 Å². The lowest BCUT2D eigenvalue weighted by Crippen LogP contribution is -2.34. The van der Waals surface area contributed by atoms with E-state index in [9.17, 15) is 27.6 Å². The molecule has 0 heterocycles. The Labute approximate surface area is 183 Å². The number of hydrogen-bond acceptors (Lipinski definition) is 4. The molecular formula is C22H24F3N3O4. The van der Waals surface area contributed by atoms with Crippen molar-refractivity contribution in [3.05, 3.63) is 59.7 Å². The van der Waals surface area contributed by atoms with E-state index < -0.39 is 35.2 Å². The average Bonchev–Trinajstić information content (AvgIpc) is 2.67. The van der Waals surface area contributed by atoms with Gasteiger partial charge in [0.2, 0.25) is 5.91 Å². The molecule has 0 bridgehead atoms. The molecule has 0 aliphatic heterocycles. The monoisotopic (exact) mass is 451 g/mol. The number of carbonyl (C=O) groups excluding carboxylic acids is 3. The van der Waals surface area contributed by atoms with E-state index in [4.69, 9.17) is 4.74 Å². The number of hydrogen-bond donors (Lipinski definition) is 3. The van der Waals surface area contributed by atoms with Crippen LogP contribution in [0.4, 0.5) is 29.3 Å². The molecule has 3 amide bonds. The molecule has 0 fully saturated rings. The zero-order valence-electron chi connectivity index (χ0n) is 17.8. The van der Waals surface area contributed by atoms with Crippen molar-refractivity contribution >= 4 is 29.3 Å². The van der Waals surface area contributed by atoms with Gasteiger partial charge in [-0.1, -0.05) is 12.1 Å². The summed E-state index contributed by atoms with van der Waals surface area (Å²) in [5.74, 6) is -1.05. The van der Waals surface area contributed by atoms with Crippen molar-refractivity contribution in [2.24, 2.45) is 0 Å². The van der Waals surface area contributed by atoms with Gasteiger partial charge >= 0.3 is 12.3 Å². The van der Waals surface area contributed by atoms with Crippen molar-refractivity contribution < 1.29 is 32.3 Å². The lowest BCUT2D eigenvalue weighted by atomic mass is 10.1. The molecule has 0 aliphatic carbocycles. The SMILES string of the molecule is CC(C)(C)OC(=O)NCCC(=O)Nc1ccccc1NC(=O)c1ccc(C(F)(F)F)cc1. The highest BCUT2D eigenvalue weighted by Crippen LogP contribution is 2.29. The minimum Gasteiger partial charge on any atom is -0.444 e. The van der Waals surface area contributed by atoms with Gasteiger partial charge in [0.15, 0.2) is 0 Å². The molecule has 0 unspecified atom stereocenters. The minimum atomic E-state index is -4.50. The summed E-state index contributed by atoms with van der Waals surface area (Å²) in [7, 11) is 0. The molecule has 172 valence electrons. The van der Waals surface area contributed by atoms with Crippen LogP contribution in [0, 0.1) is 0 Å². The standard InChI is InChI=1S/C22H24F3N3O4/c1-21(2,3)32-20(31)26-13-12-18(29)27-16-6-4-5-7-17(16)28-19(30)14-8-10-15(11-9-14)22(23,24)25/h4-11H,12-13H2,1-3H3,(H,26,31)(H,27,29)(H,28,30). The Morgan fingerprint density at radius 2 is 1.44 bits per heavy atom. The van der Waals surface area contributed by atoms with Crippen molar-refractivity contribution in [2.45, 2.75) is 39.0 Å². The second kappa shape index (κ2) is 10.2. The van der Waals surface area contributed by atoms with Crippen molar-refractivity contribution in [3.63, 3.8) is 0 Å². The summed E-state index contributed by atoms with van der Waals surface area (Å²) in [5.41, 5.74) is -0.917. The number of para-hydroxylation sites is 2. The largest absolute Gasteiger partial charge is 0.444 e. The van der Waals surface area contributed by atoms with Crippen LogP contribution < -0.4 is 16.0 Å². The smallest absolute Gasteiger partial charge is 0.416 e. The van der Waals surface area contributed by atoms with Gasteiger partial charge in [-0.3, -0.25) is 9.59 Å². The predicted molar refractivity (Wildman–Crippen MR) is 113 cm³/mol. The minimum absolute atomic E-state index is 0.0284. The highest BCUT2D eigenvalue weighted by atomic mass is 19.4. The normalized spacial score (nSPS) is 11.4. The molecule has 2 aromatic carbocycles. The van der Waals surface area contributed by atoms with Crippen LogP contribution in [-0.4, -0.2) is 30.1 Å². The maximum Gasteiger partial charge on any atom is 0.416 e. The number of benzene rings is 2. The highest BCUT2D eigenvalue weighted by molar-refractivity contribution is 6.07. The van der Waals surface area contributed by atoms with Gasteiger partial charge in [0, 0.05) is 18.5 Å². The first-order chi connectivity index (χ1) is 14.8. The van der Waals surface area contributed by atoms with Gasteiger partial charge in [0.05, 0.1) is 16.9 Å². The Kier molecular flexibility index (Phi) is 7.85. The van der Waals surface area contributed by atoms with Crippen LogP contribution in [0.15, 0.2) is 48.5 Å². The second-order valence-corrected chi connectivity index (χ2v) is 7.80. The number of ether oxygens (including phenoxy) is 1. The third kappa shape index (κ3) is 7.93. The molecular weight excluding hydrogens is 427 g/mol. The van der Waals surface area contributed by atoms with Crippen LogP contribution in [-0.2, 0) is 15.7 Å². The van der Waals surface area contributed by atoms with Gasteiger partial charge in [-0.15, -0.1) is 0 Å². The Balaban J connectivity index is 1.95. The first-order valence-electron chi connectivity index (χ1n) is 9.69. The number of alkyl carbamates (subject to hydrolysis) is 1. The van der Waals surface area contributed by atoms with Crippen molar-refractivity contribution in [1.82, 2.24) is 5.32 Å². The first kappa shape index (κ1) is 24.7. The van der Waals surface area contributed by atoms with E-state index in [0.29, 0.717) is 5.69 Å². The van der Waals surface area contributed by atoms with Gasteiger partial charge in [0.1, 0.15) is 5.60 Å². The molecule has 0 atom stereocenters. The van der Waals surface area contributed by atoms with Gasteiger partial charge in [-0.05, 0) is 57.2 Å². The molecule has 0 spiro atoms. The Bertz CT molecular complexity index is 968. The van der Waals surface area contributed by atoms with Gasteiger partial charge in [-0.2, -0.15) is 13.2 Å². The van der Waals surface area contributed by atoms with Crippen molar-refractivity contribution in [1.29, 1.82) is 0 Å². The average molecular weight is 451 g/mol. The van der Waals surface area contributed by atoms with E-state index in [2.05, 4.69) is 16.0 Å². The number of rotatable bonds is 6. The van der Waals surface area contributed by atoms with E-state index in [-0.39, 0.29) is 24.2 Å². The molecule has 0 saturated carbocycles. The van der Waals surface area contributed by atoms with E-state index >= 15 is 0 Å². The van der Waals surface area contributed by atoms with Gasteiger partial charge in [0.25, 0.3) is 5.91 Å². The maximum absolute atomic E-state index is 12.7. The van der Waals surface area contributed by atoms with Crippen LogP contribution in [0.5, 0.6) is 0 Å². The zero-order chi connectivity index (χ0) is 23.9. The molecule has 3 N–H and O–H groups in total. The second-order valence-electron chi connectivity index (χ2n) is 7.80. The van der Waals surface area contributed by atoms with Crippen LogP contribution in [0.3, 0.4) is 0 Å². The van der Waals surface area contributed by atoms with Crippen LogP contribution in [0.25, 0.3) is 0 Å². The summed E-state index contributed by atoms with van der Waals surface area (Å²) in [6, 6.07) is 10.1. The third-order valence-corrected chi connectivity index (χ3v) is 3.94. The molecule has 0 saturated heterocycles. The molecule has 2 rings (SSSR count). The fraction of sp³-hybridized carbons (Fsp3) is 0.318. The van der Waals surface area contributed by atoms with E-state index in [1.807, 2.05) is 0 Å². The van der Waals surface area contributed by atoms with E-state index in [1.165, 1.54) is 6.07 Å². The summed E-state index contributed by atoms with van der Waals surface area (Å²) in [6.07, 6.45) is -5.18. The van der Waals surface area contributed by atoms with Crippen LogP contribution in [0.2, 0.25) is 0 Å². The number of alkyl halides is 3. The Hall–Kier alpha value is -3.56. The van der Waals surface area contributed by atoms with Gasteiger partial charge < -0.3 is 20.7 Å². The Morgan fingerprint density at radius 1 is 0.875 bits per heavy atom. The fourth-order valence-electron chi connectivity index (χ4n) is 2.51. The first-order valence-corrected chi connectivity index (χ1v) is 9.69. The van der Waals surface area contributed by atoms with Crippen molar-refractivity contribution in [2.75, 3.05) is 17.2 Å². The molecule has 10 heteroatoms. The summed E-state index contributed by atoms with van der Waals surface area (Å²) in [6.45, 7) is 5.19. The summed E-state index contributed by atoms with van der Waals surface area (Å²) in [5, 5.41) is 7.66. The summed E-state index contributed by atoms with van der Waals surface area (Å²) < 4.78 is 43.1. The molecule has 0 aromatic heterocycles. The summed E-state index contributed by atoms with van der Waals surface area (Å²) >= 11 is 0. The highest BCUT2D eigenvalue weighted by Gasteiger charge is 2.30. The third-order valence-electron chi connectivity index (χ3n) is 3.94. The predicted octanol–water partition coefficient (Wildman–Crippen LogP) is 4.81. The fourth-order valence-corrected chi connectivity index (χ4v) is 2.51. The number of halogens is 3. The molecule has 32 heavy (non-hydrogen) atoms. The molecule has 0 radical (unpaired) electrons.